The van der Waals surface area contributed by atoms with Gasteiger partial charge in [-0.05, 0) is 66.5 Å². The van der Waals surface area contributed by atoms with Crippen LogP contribution in [0.3, 0.4) is 0 Å². The third kappa shape index (κ3) is 2.98. The van der Waals surface area contributed by atoms with Crippen LogP contribution >= 0.6 is 23.6 Å². The Morgan fingerprint density at radius 3 is 2.85 bits per heavy atom. The van der Waals surface area contributed by atoms with Crippen LogP contribution in [0.15, 0.2) is 35.7 Å². The van der Waals surface area contributed by atoms with Crippen LogP contribution in [0.25, 0.3) is 11.4 Å². The number of hydrogen-bond acceptors (Lipinski definition) is 4. The molecule has 0 N–H and O–H groups in total. The van der Waals surface area contributed by atoms with Gasteiger partial charge in [0.1, 0.15) is 5.82 Å². The summed E-state index contributed by atoms with van der Waals surface area (Å²) in [4.78, 5) is 4.03. The van der Waals surface area contributed by atoms with Crippen molar-refractivity contribution in [3.05, 3.63) is 56.7 Å². The van der Waals surface area contributed by atoms with Crippen molar-refractivity contribution in [1.82, 2.24) is 19.2 Å². The van der Waals surface area contributed by atoms with Gasteiger partial charge in [-0.25, -0.2) is 9.07 Å². The average molecular weight is 401 g/mol. The van der Waals surface area contributed by atoms with Gasteiger partial charge in [0.25, 0.3) is 0 Å². The molecule has 0 bridgehead atoms. The molecule has 0 radical (unpaired) electrons. The third-order valence-corrected chi connectivity index (χ3v) is 7.14. The minimum atomic E-state index is -0.274. The Morgan fingerprint density at radius 2 is 2.07 bits per heavy atom. The summed E-state index contributed by atoms with van der Waals surface area (Å²) in [5.74, 6) is 1.04. The van der Waals surface area contributed by atoms with Crippen molar-refractivity contribution in [3.63, 3.8) is 0 Å². The Balaban J connectivity index is 1.49. The lowest BCUT2D eigenvalue weighted by molar-refractivity contribution is 0.117. The molecule has 5 rings (SSSR count). The summed E-state index contributed by atoms with van der Waals surface area (Å²) in [6.07, 6.45) is 3.67. The Hall–Kier alpha value is -1.83. The molecule has 0 spiro atoms. The second kappa shape index (κ2) is 6.65. The van der Waals surface area contributed by atoms with Gasteiger partial charge in [-0.2, -0.15) is 5.10 Å². The largest absolute Gasteiger partial charge is 0.303 e. The van der Waals surface area contributed by atoms with Crippen LogP contribution in [-0.4, -0.2) is 25.8 Å². The first kappa shape index (κ1) is 17.3. The monoisotopic (exact) mass is 400 g/mol. The zero-order chi connectivity index (χ0) is 18.5. The summed E-state index contributed by atoms with van der Waals surface area (Å²) >= 11 is 7.50. The zero-order valence-corrected chi connectivity index (χ0v) is 16.8. The smallest absolute Gasteiger partial charge is 0.199 e. The van der Waals surface area contributed by atoms with Crippen molar-refractivity contribution in [2.75, 3.05) is 6.54 Å². The molecule has 2 aromatic heterocycles. The molecule has 0 saturated heterocycles. The topological polar surface area (TPSA) is 26.0 Å². The summed E-state index contributed by atoms with van der Waals surface area (Å²) in [7, 11) is 1.86. The van der Waals surface area contributed by atoms with E-state index in [0.717, 1.165) is 18.9 Å². The van der Waals surface area contributed by atoms with Gasteiger partial charge in [-0.3, -0.25) is 4.90 Å². The van der Waals surface area contributed by atoms with Crippen molar-refractivity contribution in [3.8, 4) is 11.4 Å². The van der Waals surface area contributed by atoms with E-state index < -0.39 is 0 Å². The maximum absolute atomic E-state index is 14.3. The molecule has 140 valence electrons. The number of nitrogens with zero attached hydrogens (tertiary/aromatic N) is 4. The van der Waals surface area contributed by atoms with Crippen LogP contribution in [0.4, 0.5) is 4.39 Å². The van der Waals surface area contributed by atoms with Crippen molar-refractivity contribution < 1.29 is 4.39 Å². The fraction of sp³-hybridized carbons (Fsp3) is 0.400. The van der Waals surface area contributed by atoms with Gasteiger partial charge in [-0.1, -0.05) is 12.1 Å². The first-order valence-corrected chi connectivity index (χ1v) is 10.6. The highest BCUT2D eigenvalue weighted by Gasteiger charge is 2.40. The number of benzene rings is 1. The average Bonchev–Trinajstić information content (AvgIpc) is 3.33. The first-order chi connectivity index (χ1) is 13.1. The fourth-order valence-electron chi connectivity index (χ4n) is 4.15. The second-order valence-electron chi connectivity index (χ2n) is 7.43. The maximum Gasteiger partial charge on any atom is 0.199 e. The molecule has 1 aliphatic heterocycles. The van der Waals surface area contributed by atoms with Crippen LogP contribution in [0, 0.1) is 16.5 Å². The molecule has 27 heavy (non-hydrogen) atoms. The first-order valence-electron chi connectivity index (χ1n) is 9.32. The summed E-state index contributed by atoms with van der Waals surface area (Å²) in [6.45, 7) is 1.67. The molecule has 1 atom stereocenters. The van der Waals surface area contributed by atoms with Gasteiger partial charge < -0.3 is 4.57 Å². The molecular formula is C20H21FN4S2. The van der Waals surface area contributed by atoms with E-state index in [4.69, 9.17) is 12.2 Å². The van der Waals surface area contributed by atoms with E-state index in [2.05, 4.69) is 21.4 Å². The van der Waals surface area contributed by atoms with E-state index in [1.54, 1.807) is 16.7 Å². The van der Waals surface area contributed by atoms with Crippen molar-refractivity contribution in [2.45, 2.75) is 32.0 Å². The predicted molar refractivity (Wildman–Crippen MR) is 108 cm³/mol. The van der Waals surface area contributed by atoms with E-state index in [-0.39, 0.29) is 5.82 Å². The molecule has 1 saturated carbocycles. The van der Waals surface area contributed by atoms with Gasteiger partial charge in [0.2, 0.25) is 0 Å². The van der Waals surface area contributed by atoms with Gasteiger partial charge in [0, 0.05) is 24.5 Å². The lowest BCUT2D eigenvalue weighted by Crippen LogP contribution is -2.37. The summed E-state index contributed by atoms with van der Waals surface area (Å²) in [6, 6.07) is 9.48. The van der Waals surface area contributed by atoms with Crippen molar-refractivity contribution in [2.24, 2.45) is 13.0 Å². The highest BCUT2D eigenvalue weighted by molar-refractivity contribution is 7.71. The van der Waals surface area contributed by atoms with Crippen LogP contribution in [0.2, 0.25) is 0 Å². The highest BCUT2D eigenvalue weighted by atomic mass is 32.1. The SMILES string of the molecule is Cn1c(-c2ccccc2F)nn(CN2CCc3sccc3[C@@H]2C2CC2)c1=S. The zero-order valence-electron chi connectivity index (χ0n) is 15.1. The molecule has 3 aromatic rings. The van der Waals surface area contributed by atoms with E-state index in [1.807, 2.05) is 29.1 Å². The molecule has 2 aliphatic rings. The Kier molecular flexibility index (Phi) is 4.26. The van der Waals surface area contributed by atoms with Gasteiger partial charge in [0.15, 0.2) is 10.6 Å². The van der Waals surface area contributed by atoms with Gasteiger partial charge in [0.05, 0.1) is 12.2 Å². The number of thiophene rings is 1. The summed E-state index contributed by atoms with van der Waals surface area (Å²) < 4.78 is 18.5. The minimum Gasteiger partial charge on any atom is -0.303 e. The fourth-order valence-corrected chi connectivity index (χ4v) is 5.25. The van der Waals surface area contributed by atoms with Crippen LogP contribution in [0.5, 0.6) is 0 Å². The number of halogens is 1. The van der Waals surface area contributed by atoms with Crippen LogP contribution in [-0.2, 0) is 20.1 Å². The van der Waals surface area contributed by atoms with E-state index >= 15 is 0 Å². The molecular weight excluding hydrogens is 379 g/mol. The lowest BCUT2D eigenvalue weighted by Gasteiger charge is -2.35. The molecule has 1 aliphatic carbocycles. The maximum atomic E-state index is 14.3. The van der Waals surface area contributed by atoms with Crippen molar-refractivity contribution in [1.29, 1.82) is 0 Å². The molecule has 0 unspecified atom stereocenters. The second-order valence-corrected chi connectivity index (χ2v) is 8.80. The number of aromatic nitrogens is 3. The number of hydrogen-bond donors (Lipinski definition) is 0. The van der Waals surface area contributed by atoms with Gasteiger partial charge in [-0.15, -0.1) is 11.3 Å². The number of rotatable bonds is 4. The van der Waals surface area contributed by atoms with Crippen molar-refractivity contribution >= 4 is 23.6 Å². The van der Waals surface area contributed by atoms with Crippen LogP contribution in [0.1, 0.15) is 29.3 Å². The Morgan fingerprint density at radius 1 is 1.26 bits per heavy atom. The minimum absolute atomic E-state index is 0.274. The molecule has 3 heterocycles. The molecule has 0 amide bonds. The quantitative estimate of drug-likeness (QED) is 0.589. The van der Waals surface area contributed by atoms with Crippen LogP contribution < -0.4 is 0 Å². The summed E-state index contributed by atoms with van der Waals surface area (Å²) in [5, 5.41) is 6.90. The predicted octanol–water partition coefficient (Wildman–Crippen LogP) is 4.79. The molecule has 4 nitrogen and oxygen atoms in total. The molecule has 7 heteroatoms. The van der Waals surface area contributed by atoms with E-state index in [9.17, 15) is 4.39 Å². The Bertz CT molecular complexity index is 1050. The third-order valence-electron chi connectivity index (χ3n) is 5.66. The van der Waals surface area contributed by atoms with Gasteiger partial charge >= 0.3 is 0 Å². The highest BCUT2D eigenvalue weighted by Crippen LogP contribution is 2.48. The van der Waals surface area contributed by atoms with E-state index in [0.29, 0.717) is 28.9 Å². The Labute approximate surface area is 166 Å². The number of fused-ring (bicyclic) bond motifs is 1. The molecule has 1 fully saturated rings. The normalized spacial score (nSPS) is 20.0. The standard InChI is InChI=1S/C20H21FN4S2/c1-23-19(14-4-2-3-5-16(14)21)22-25(20(23)26)12-24-10-8-17-15(9-11-27-17)18(24)13-6-7-13/h2-5,9,11,13,18H,6-8,10,12H2,1H3/t18-/m0/s1. The summed E-state index contributed by atoms with van der Waals surface area (Å²) in [5.41, 5.74) is 1.98. The lowest BCUT2D eigenvalue weighted by atomic mass is 9.96. The molecule has 1 aromatic carbocycles. The van der Waals surface area contributed by atoms with E-state index in [1.165, 1.54) is 29.3 Å².